The normalized spacial score (nSPS) is 15.4. The second-order valence-electron chi connectivity index (χ2n) is 8.13. The number of aliphatic hydroxyl groups is 1. The van der Waals surface area contributed by atoms with E-state index >= 15 is 0 Å². The number of amides is 1. The Morgan fingerprint density at radius 3 is 2.55 bits per heavy atom. The average molecular weight is 423 g/mol. The minimum absolute atomic E-state index is 0.114. The van der Waals surface area contributed by atoms with E-state index in [-0.39, 0.29) is 12.5 Å². The van der Waals surface area contributed by atoms with Gasteiger partial charge in [0, 0.05) is 56.8 Å². The van der Waals surface area contributed by atoms with Gasteiger partial charge in [0.05, 0.1) is 12.1 Å². The highest BCUT2D eigenvalue weighted by Gasteiger charge is 2.16. The largest absolute Gasteiger partial charge is 0.395 e. The summed E-state index contributed by atoms with van der Waals surface area (Å²) in [4.78, 5) is 17.6. The molecule has 0 radical (unpaired) electrons. The number of unbranched alkanes of at least 4 members (excludes halogenated alkanes) is 1. The fourth-order valence-corrected chi connectivity index (χ4v) is 4.16. The number of fused-ring (bicyclic) bond motifs is 1. The third kappa shape index (κ3) is 5.70. The maximum Gasteiger partial charge on any atom is 0.276 e. The van der Waals surface area contributed by atoms with Crippen molar-refractivity contribution in [1.29, 1.82) is 0 Å². The highest BCUT2D eigenvalue weighted by Crippen LogP contribution is 2.13. The third-order valence-corrected chi connectivity index (χ3v) is 5.96. The Bertz CT molecular complexity index is 994. The van der Waals surface area contributed by atoms with Gasteiger partial charge < -0.3 is 10.0 Å². The molecule has 1 aliphatic rings. The van der Waals surface area contributed by atoms with Crippen molar-refractivity contribution < 1.29 is 14.5 Å². The monoisotopic (exact) mass is 422 g/mol. The molecule has 1 aliphatic heterocycles. The van der Waals surface area contributed by atoms with Crippen molar-refractivity contribution in [2.24, 2.45) is 0 Å². The molecule has 0 spiro atoms. The molecule has 0 saturated carbocycles. The number of aliphatic hydroxyl groups excluding tert-OH is 1. The van der Waals surface area contributed by atoms with Crippen LogP contribution >= 0.6 is 0 Å². The van der Waals surface area contributed by atoms with Crippen LogP contribution in [0.1, 0.15) is 23.2 Å². The molecular weight excluding hydrogens is 390 g/mol. The summed E-state index contributed by atoms with van der Waals surface area (Å²) in [6.07, 6.45) is 8.04. The van der Waals surface area contributed by atoms with Gasteiger partial charge in [-0.05, 0) is 31.2 Å². The molecule has 2 aromatic heterocycles. The molecule has 1 fully saturated rings. The lowest BCUT2D eigenvalue weighted by Crippen LogP contribution is -2.47. The van der Waals surface area contributed by atoms with E-state index in [1.165, 1.54) is 0 Å². The molecule has 1 aromatic carbocycles. The first kappa shape index (κ1) is 21.5. The summed E-state index contributed by atoms with van der Waals surface area (Å²) in [5, 5.41) is 10.1. The van der Waals surface area contributed by atoms with Gasteiger partial charge in [0.1, 0.15) is 12.1 Å². The van der Waals surface area contributed by atoms with Crippen LogP contribution in [0, 0.1) is 0 Å². The average Bonchev–Trinajstić information content (AvgIpc) is 3.21. The zero-order chi connectivity index (χ0) is 21.5. The Labute approximate surface area is 183 Å². The minimum atomic E-state index is -0.114. The molecule has 4 rings (SSSR count). The number of β-amino-alcohol motifs (C(OH)–C–C–N with tert-alkyl or cyclic N) is 1. The minimum Gasteiger partial charge on any atom is -0.395 e. The summed E-state index contributed by atoms with van der Waals surface area (Å²) < 4.78 is 3.87. The van der Waals surface area contributed by atoms with E-state index in [1.54, 1.807) is 4.68 Å². The van der Waals surface area contributed by atoms with Gasteiger partial charge in [0.15, 0.2) is 12.4 Å². The number of nitrogens with zero attached hydrogens (tertiary/aromatic N) is 4. The Kier molecular flexibility index (Phi) is 7.30. The SMILES string of the molecule is O=C(Nn1ccc2ccccc21)c1ccc[n+](CCCCN2CCN(CCO)CC2)c1. The van der Waals surface area contributed by atoms with E-state index in [4.69, 9.17) is 5.11 Å². The zero-order valence-corrected chi connectivity index (χ0v) is 18.0. The van der Waals surface area contributed by atoms with Crippen LogP contribution in [0.2, 0.25) is 0 Å². The van der Waals surface area contributed by atoms with Crippen molar-refractivity contribution in [1.82, 2.24) is 14.5 Å². The van der Waals surface area contributed by atoms with Crippen molar-refractivity contribution in [3.05, 3.63) is 66.6 Å². The van der Waals surface area contributed by atoms with E-state index < -0.39 is 0 Å². The topological polar surface area (TPSA) is 64.6 Å². The van der Waals surface area contributed by atoms with E-state index in [9.17, 15) is 4.79 Å². The summed E-state index contributed by atoms with van der Waals surface area (Å²) in [6.45, 7) is 7.29. The van der Waals surface area contributed by atoms with Crippen LogP contribution in [0.5, 0.6) is 0 Å². The summed E-state index contributed by atoms with van der Waals surface area (Å²) in [7, 11) is 0. The lowest BCUT2D eigenvalue weighted by Gasteiger charge is -2.34. The van der Waals surface area contributed by atoms with Crippen molar-refractivity contribution in [3.8, 4) is 0 Å². The number of rotatable bonds is 9. The summed E-state index contributed by atoms with van der Waals surface area (Å²) in [6, 6.07) is 13.8. The van der Waals surface area contributed by atoms with Crippen LogP contribution in [0.25, 0.3) is 10.9 Å². The molecule has 3 heterocycles. The van der Waals surface area contributed by atoms with Crippen LogP contribution < -0.4 is 9.99 Å². The molecule has 0 atom stereocenters. The van der Waals surface area contributed by atoms with Gasteiger partial charge in [0.25, 0.3) is 5.91 Å². The molecular formula is C24H32N5O2+. The quantitative estimate of drug-likeness (QED) is 0.407. The van der Waals surface area contributed by atoms with Crippen molar-refractivity contribution in [3.63, 3.8) is 0 Å². The number of carbonyl (C=O) groups is 1. The summed E-state index contributed by atoms with van der Waals surface area (Å²) in [5.41, 5.74) is 4.61. The first-order chi connectivity index (χ1) is 15.2. The summed E-state index contributed by atoms with van der Waals surface area (Å²) in [5.74, 6) is -0.114. The van der Waals surface area contributed by atoms with Gasteiger partial charge in [-0.25, -0.2) is 4.57 Å². The Morgan fingerprint density at radius 1 is 0.968 bits per heavy atom. The lowest BCUT2D eigenvalue weighted by molar-refractivity contribution is -0.697. The number of pyridine rings is 1. The second-order valence-corrected chi connectivity index (χ2v) is 8.13. The molecule has 2 N–H and O–H groups in total. The zero-order valence-electron chi connectivity index (χ0n) is 18.0. The third-order valence-electron chi connectivity index (χ3n) is 5.96. The number of piperazine rings is 1. The van der Waals surface area contributed by atoms with Crippen LogP contribution in [0.15, 0.2) is 61.1 Å². The van der Waals surface area contributed by atoms with Gasteiger partial charge in [-0.1, -0.05) is 18.2 Å². The Balaban J connectivity index is 1.24. The van der Waals surface area contributed by atoms with Crippen LogP contribution in [-0.2, 0) is 6.54 Å². The maximum atomic E-state index is 12.7. The highest BCUT2D eigenvalue weighted by atomic mass is 16.3. The van der Waals surface area contributed by atoms with Gasteiger partial charge >= 0.3 is 0 Å². The Hall–Kier alpha value is -2.74. The fourth-order valence-electron chi connectivity index (χ4n) is 4.16. The van der Waals surface area contributed by atoms with Gasteiger partial charge in [-0.3, -0.25) is 19.8 Å². The van der Waals surface area contributed by atoms with Crippen LogP contribution in [0.4, 0.5) is 0 Å². The predicted octanol–water partition coefficient (Wildman–Crippen LogP) is 1.70. The molecule has 7 nitrogen and oxygen atoms in total. The summed E-state index contributed by atoms with van der Waals surface area (Å²) >= 11 is 0. The molecule has 1 amide bonds. The molecule has 3 aromatic rings. The Morgan fingerprint density at radius 2 is 1.74 bits per heavy atom. The van der Waals surface area contributed by atoms with E-state index in [2.05, 4.69) is 19.8 Å². The van der Waals surface area contributed by atoms with E-state index in [1.807, 2.05) is 61.1 Å². The highest BCUT2D eigenvalue weighted by molar-refractivity contribution is 6.00. The molecule has 0 bridgehead atoms. The van der Waals surface area contributed by atoms with Crippen molar-refractivity contribution in [2.75, 3.05) is 51.3 Å². The number of nitrogens with one attached hydrogen (secondary N) is 1. The van der Waals surface area contributed by atoms with Crippen LogP contribution in [-0.4, -0.2) is 71.4 Å². The number of carbonyl (C=O) groups excluding carboxylic acids is 1. The number of hydrogen-bond acceptors (Lipinski definition) is 4. The smallest absolute Gasteiger partial charge is 0.276 e. The first-order valence-corrected chi connectivity index (χ1v) is 11.1. The van der Waals surface area contributed by atoms with Gasteiger partial charge in [-0.15, -0.1) is 0 Å². The number of hydrogen-bond donors (Lipinski definition) is 2. The lowest BCUT2D eigenvalue weighted by atomic mass is 10.2. The van der Waals surface area contributed by atoms with Crippen molar-refractivity contribution in [2.45, 2.75) is 19.4 Å². The molecule has 1 saturated heterocycles. The van der Waals surface area contributed by atoms with Crippen LogP contribution in [0.3, 0.4) is 0 Å². The second kappa shape index (κ2) is 10.5. The van der Waals surface area contributed by atoms with Gasteiger partial charge in [-0.2, -0.15) is 0 Å². The molecule has 0 aliphatic carbocycles. The molecule has 0 unspecified atom stereocenters. The molecule has 31 heavy (non-hydrogen) atoms. The molecule has 164 valence electrons. The fraction of sp³-hybridized carbons (Fsp3) is 0.417. The molecule has 7 heteroatoms. The number of aryl methyl sites for hydroxylation is 1. The predicted molar refractivity (Wildman–Crippen MR) is 121 cm³/mol. The van der Waals surface area contributed by atoms with E-state index in [0.29, 0.717) is 5.56 Å². The number of benzene rings is 1. The number of aromatic nitrogens is 2. The first-order valence-electron chi connectivity index (χ1n) is 11.1. The van der Waals surface area contributed by atoms with E-state index in [0.717, 1.165) is 69.6 Å². The van der Waals surface area contributed by atoms with Crippen molar-refractivity contribution >= 4 is 16.8 Å². The number of para-hydroxylation sites is 1. The van der Waals surface area contributed by atoms with Gasteiger partial charge in [0.2, 0.25) is 0 Å². The standard InChI is InChI=1S/C24H31N5O2/c30-19-18-27-16-14-26(15-17-27)10-3-4-11-28-12-5-7-22(20-28)24(31)25-29-13-9-21-6-1-2-8-23(21)29/h1-2,5-9,12-13,20,30H,3-4,10-11,14-19H2/p+1. The maximum absolute atomic E-state index is 12.7.